The second-order valence-corrected chi connectivity index (χ2v) is 0.961. The van der Waals surface area contributed by atoms with Crippen molar-refractivity contribution in [3.05, 3.63) is 24.4 Å². The molecule has 0 aliphatic rings. The van der Waals surface area contributed by atoms with Gasteiger partial charge in [-0.15, -0.1) is 0 Å². The third-order valence-corrected chi connectivity index (χ3v) is 0.418. The molecule has 0 saturated heterocycles. The Balaban J connectivity index is 3.82. The van der Waals surface area contributed by atoms with Gasteiger partial charge in [0.2, 0.25) is 0 Å². The predicted molar refractivity (Wildman–Crippen MR) is 25.1 cm³/mol. The van der Waals surface area contributed by atoms with E-state index in [0.717, 1.165) is 0 Å². The monoisotopic (exact) mass is 102 g/mol. The van der Waals surface area contributed by atoms with Gasteiger partial charge in [-0.25, -0.2) is 0 Å². The van der Waals surface area contributed by atoms with Crippen molar-refractivity contribution in [2.45, 2.75) is 0 Å². The first-order valence-electron chi connectivity index (χ1n) is 1.60. The van der Waals surface area contributed by atoms with Crippen LogP contribution < -0.4 is 0 Å². The maximum atomic E-state index is 8.20. The van der Waals surface area contributed by atoms with Crippen molar-refractivity contribution in [2.24, 2.45) is 0 Å². The fraction of sp³-hybridized carbons (Fsp3) is 0. The van der Waals surface area contributed by atoms with Crippen molar-refractivity contribution >= 4 is 0 Å². The van der Waals surface area contributed by atoms with Crippen molar-refractivity contribution in [2.75, 3.05) is 0 Å². The molecule has 0 fully saturated rings. The molecule has 3 N–H and O–H groups in total. The molecule has 0 radical (unpaired) electrons. The van der Waals surface area contributed by atoms with Crippen LogP contribution in [0.15, 0.2) is 24.4 Å². The molecule has 0 aliphatic carbocycles. The second kappa shape index (κ2) is 2.12. The van der Waals surface area contributed by atoms with Gasteiger partial charge in [0.05, 0.1) is 0 Å². The van der Waals surface area contributed by atoms with E-state index in [0.29, 0.717) is 6.26 Å². The lowest BCUT2D eigenvalue weighted by Gasteiger charge is -1.88. The molecule has 3 heteroatoms. The van der Waals surface area contributed by atoms with Crippen LogP contribution in [0.3, 0.4) is 0 Å². The van der Waals surface area contributed by atoms with Crippen molar-refractivity contribution in [3.63, 3.8) is 0 Å². The molecule has 0 spiro atoms. The lowest BCUT2D eigenvalue weighted by atomic mass is 10.5. The molecule has 40 valence electrons. The summed E-state index contributed by atoms with van der Waals surface area (Å²) in [7, 11) is 0. The molecule has 0 saturated carbocycles. The predicted octanol–water partition coefficient (Wildman–Crippen LogP) is 1.02. The van der Waals surface area contributed by atoms with Crippen LogP contribution in [0.25, 0.3) is 0 Å². The molecular formula is C4H6O3. The highest BCUT2D eigenvalue weighted by atomic mass is 16.3. The molecule has 0 bridgehead atoms. The molecular weight excluding hydrogens is 96.0 g/mol. The van der Waals surface area contributed by atoms with E-state index in [1.54, 1.807) is 0 Å². The Morgan fingerprint density at radius 1 is 1.43 bits per heavy atom. The van der Waals surface area contributed by atoms with E-state index in [9.17, 15) is 0 Å². The fourth-order valence-corrected chi connectivity index (χ4v) is 0.0745. The molecule has 0 rings (SSSR count). The van der Waals surface area contributed by atoms with Crippen molar-refractivity contribution in [1.82, 2.24) is 0 Å². The first-order chi connectivity index (χ1) is 3.18. The Bertz CT molecular complexity index is 104. The van der Waals surface area contributed by atoms with Gasteiger partial charge in [0.1, 0.15) is 6.26 Å². The lowest BCUT2D eigenvalue weighted by Crippen LogP contribution is -1.82. The van der Waals surface area contributed by atoms with Gasteiger partial charge in [0, 0.05) is 0 Å². The fourth-order valence-electron chi connectivity index (χ4n) is 0.0745. The molecule has 0 aromatic carbocycles. The molecule has 0 aromatic rings. The standard InChI is InChI=1S/C4H6O3/c1-3(6)4(7)2-5/h2,5-7H,1H2/b4-2-. The van der Waals surface area contributed by atoms with Crippen molar-refractivity contribution in [3.8, 4) is 0 Å². The minimum atomic E-state index is -0.611. The van der Waals surface area contributed by atoms with Crippen LogP contribution in [0.4, 0.5) is 0 Å². The van der Waals surface area contributed by atoms with Crippen molar-refractivity contribution in [1.29, 1.82) is 0 Å². The summed E-state index contributed by atoms with van der Waals surface area (Å²) in [5.41, 5.74) is 0. The Morgan fingerprint density at radius 3 is 1.86 bits per heavy atom. The van der Waals surface area contributed by atoms with Crippen LogP contribution in [0.2, 0.25) is 0 Å². The molecule has 0 unspecified atom stereocenters. The normalized spacial score (nSPS) is 11.1. The highest BCUT2D eigenvalue weighted by molar-refractivity contribution is 5.09. The minimum absolute atomic E-state index is 0.363. The number of aliphatic hydroxyl groups excluding tert-OH is 3. The van der Waals surface area contributed by atoms with Gasteiger partial charge in [-0.05, 0) is 0 Å². The number of aliphatic hydroxyl groups is 3. The van der Waals surface area contributed by atoms with Gasteiger partial charge < -0.3 is 15.3 Å². The zero-order chi connectivity index (χ0) is 5.86. The maximum absolute atomic E-state index is 8.20. The number of hydrogen-bond acceptors (Lipinski definition) is 3. The summed E-state index contributed by atoms with van der Waals surface area (Å²) in [6, 6.07) is 0. The topological polar surface area (TPSA) is 60.7 Å². The van der Waals surface area contributed by atoms with Gasteiger partial charge >= 0.3 is 0 Å². The third kappa shape index (κ3) is 1.70. The van der Waals surface area contributed by atoms with Crippen LogP contribution in [-0.2, 0) is 0 Å². The van der Waals surface area contributed by atoms with Gasteiger partial charge in [-0.3, -0.25) is 0 Å². The molecule has 3 nitrogen and oxygen atoms in total. The van der Waals surface area contributed by atoms with Gasteiger partial charge in [-0.1, -0.05) is 6.58 Å². The Kier molecular flexibility index (Phi) is 1.78. The quantitative estimate of drug-likeness (QED) is 0.342. The molecule has 0 atom stereocenters. The Labute approximate surface area is 40.8 Å². The maximum Gasteiger partial charge on any atom is 0.191 e. The first kappa shape index (κ1) is 5.88. The van der Waals surface area contributed by atoms with Crippen LogP contribution >= 0.6 is 0 Å². The molecule has 0 aromatic heterocycles. The zero-order valence-electron chi connectivity index (χ0n) is 3.63. The summed E-state index contributed by atoms with van der Waals surface area (Å²) in [5, 5.41) is 24.2. The van der Waals surface area contributed by atoms with E-state index < -0.39 is 11.5 Å². The van der Waals surface area contributed by atoms with Crippen LogP contribution in [-0.4, -0.2) is 15.3 Å². The lowest BCUT2D eigenvalue weighted by molar-refractivity contribution is 0.305. The summed E-state index contributed by atoms with van der Waals surface area (Å²) in [6.07, 6.45) is 0.363. The van der Waals surface area contributed by atoms with E-state index in [4.69, 9.17) is 15.3 Å². The van der Waals surface area contributed by atoms with Crippen molar-refractivity contribution < 1.29 is 15.3 Å². The van der Waals surface area contributed by atoms with Gasteiger partial charge in [0.25, 0.3) is 0 Å². The van der Waals surface area contributed by atoms with Crippen LogP contribution in [0, 0.1) is 0 Å². The molecule has 0 amide bonds. The summed E-state index contributed by atoms with van der Waals surface area (Å²) in [5.74, 6) is -1.15. The number of hydrogen-bond donors (Lipinski definition) is 3. The molecule has 0 heterocycles. The third-order valence-electron chi connectivity index (χ3n) is 0.418. The minimum Gasteiger partial charge on any atom is -0.512 e. The Morgan fingerprint density at radius 2 is 1.86 bits per heavy atom. The number of rotatable bonds is 1. The highest BCUT2D eigenvalue weighted by Crippen LogP contribution is 1.94. The molecule has 0 aliphatic heterocycles. The van der Waals surface area contributed by atoms with E-state index in [-0.39, 0.29) is 0 Å². The largest absolute Gasteiger partial charge is 0.512 e. The average molecular weight is 102 g/mol. The Hall–Kier alpha value is -1.12. The van der Waals surface area contributed by atoms with E-state index >= 15 is 0 Å². The van der Waals surface area contributed by atoms with Crippen LogP contribution in [0.5, 0.6) is 0 Å². The summed E-state index contributed by atoms with van der Waals surface area (Å²) in [6.45, 7) is 2.90. The average Bonchev–Trinajstić information content (AvgIpc) is 1.65. The second-order valence-electron chi connectivity index (χ2n) is 0.961. The van der Waals surface area contributed by atoms with Gasteiger partial charge in [0.15, 0.2) is 11.5 Å². The highest BCUT2D eigenvalue weighted by Gasteiger charge is 1.90. The summed E-state index contributed by atoms with van der Waals surface area (Å²) >= 11 is 0. The smallest absolute Gasteiger partial charge is 0.191 e. The SMILES string of the molecule is C=C(O)/C(O)=C/O. The first-order valence-corrected chi connectivity index (χ1v) is 1.60. The summed E-state index contributed by atoms with van der Waals surface area (Å²) in [4.78, 5) is 0. The van der Waals surface area contributed by atoms with Crippen LogP contribution in [0.1, 0.15) is 0 Å². The van der Waals surface area contributed by atoms with E-state index in [1.165, 1.54) is 0 Å². The summed E-state index contributed by atoms with van der Waals surface area (Å²) < 4.78 is 0. The zero-order valence-corrected chi connectivity index (χ0v) is 3.63. The van der Waals surface area contributed by atoms with E-state index in [1.807, 2.05) is 0 Å². The van der Waals surface area contributed by atoms with Gasteiger partial charge in [-0.2, -0.15) is 0 Å². The molecule has 7 heavy (non-hydrogen) atoms. The van der Waals surface area contributed by atoms with E-state index in [2.05, 4.69) is 6.58 Å².